The van der Waals surface area contributed by atoms with E-state index < -0.39 is 0 Å². The van der Waals surface area contributed by atoms with Crippen LogP contribution in [-0.4, -0.2) is 24.5 Å². The number of hydrogen-bond acceptors (Lipinski definition) is 1. The van der Waals surface area contributed by atoms with Crippen molar-refractivity contribution in [1.29, 1.82) is 0 Å². The first kappa shape index (κ1) is 14.6. The summed E-state index contributed by atoms with van der Waals surface area (Å²) in [5.41, 5.74) is 1.98. The Kier molecular flexibility index (Phi) is 5.04. The van der Waals surface area contributed by atoms with Crippen molar-refractivity contribution >= 4 is 0 Å². The maximum Gasteiger partial charge on any atom is -0.00137 e. The molecule has 0 bridgehead atoms. The summed E-state index contributed by atoms with van der Waals surface area (Å²) < 4.78 is 0. The SMILES string of the molecule is CC(C)(C)CCN1CCC(Cc2ccccc2)CC1. The molecule has 1 nitrogen and oxygen atoms in total. The molecule has 0 N–H and O–H groups in total. The Morgan fingerprint density at radius 1 is 1.05 bits per heavy atom. The number of benzene rings is 1. The number of rotatable bonds is 4. The van der Waals surface area contributed by atoms with Gasteiger partial charge in [0.1, 0.15) is 0 Å². The van der Waals surface area contributed by atoms with E-state index in [9.17, 15) is 0 Å². The average molecular weight is 259 g/mol. The van der Waals surface area contributed by atoms with Gasteiger partial charge >= 0.3 is 0 Å². The molecule has 2 rings (SSSR count). The van der Waals surface area contributed by atoms with Gasteiger partial charge < -0.3 is 4.90 Å². The van der Waals surface area contributed by atoms with E-state index in [0.717, 1.165) is 5.92 Å². The normalized spacial score (nSPS) is 18.7. The molecule has 0 amide bonds. The van der Waals surface area contributed by atoms with Gasteiger partial charge in [0, 0.05) is 0 Å². The molecule has 106 valence electrons. The fraction of sp³-hybridized carbons (Fsp3) is 0.667. The van der Waals surface area contributed by atoms with Crippen LogP contribution in [0.25, 0.3) is 0 Å². The predicted octanol–water partition coefficient (Wildman–Crippen LogP) is 4.38. The molecule has 1 saturated heterocycles. The van der Waals surface area contributed by atoms with Gasteiger partial charge in [-0.25, -0.2) is 0 Å². The minimum absolute atomic E-state index is 0.473. The topological polar surface area (TPSA) is 3.24 Å². The van der Waals surface area contributed by atoms with Crippen molar-refractivity contribution in [2.45, 2.75) is 46.5 Å². The maximum absolute atomic E-state index is 2.66. The van der Waals surface area contributed by atoms with Crippen LogP contribution in [0.3, 0.4) is 0 Å². The summed E-state index contributed by atoms with van der Waals surface area (Å²) in [6, 6.07) is 11.0. The quantitative estimate of drug-likeness (QED) is 0.775. The van der Waals surface area contributed by atoms with Gasteiger partial charge in [0.25, 0.3) is 0 Å². The van der Waals surface area contributed by atoms with Gasteiger partial charge in [-0.1, -0.05) is 51.1 Å². The Labute approximate surface area is 119 Å². The molecule has 1 heteroatoms. The van der Waals surface area contributed by atoms with Crippen LogP contribution in [0.1, 0.15) is 45.6 Å². The third-order valence-electron chi connectivity index (χ3n) is 4.25. The molecule has 1 heterocycles. The lowest BCUT2D eigenvalue weighted by molar-refractivity contribution is 0.163. The average Bonchev–Trinajstić information content (AvgIpc) is 2.38. The molecule has 1 aromatic rings. The van der Waals surface area contributed by atoms with Gasteiger partial charge in [-0.05, 0) is 62.2 Å². The first-order valence-corrected chi connectivity index (χ1v) is 7.79. The highest BCUT2D eigenvalue weighted by Crippen LogP contribution is 2.24. The van der Waals surface area contributed by atoms with E-state index in [1.807, 2.05) is 0 Å². The second-order valence-corrected chi connectivity index (χ2v) is 7.29. The summed E-state index contributed by atoms with van der Waals surface area (Å²) >= 11 is 0. The van der Waals surface area contributed by atoms with E-state index in [1.54, 1.807) is 0 Å². The van der Waals surface area contributed by atoms with Gasteiger partial charge in [0.15, 0.2) is 0 Å². The number of piperidine rings is 1. The molecule has 0 radical (unpaired) electrons. The van der Waals surface area contributed by atoms with Crippen LogP contribution < -0.4 is 0 Å². The van der Waals surface area contributed by atoms with Gasteiger partial charge in [-0.3, -0.25) is 0 Å². The van der Waals surface area contributed by atoms with Crippen LogP contribution in [0.2, 0.25) is 0 Å². The Bertz CT molecular complexity index is 355. The molecule has 0 aromatic heterocycles. The minimum atomic E-state index is 0.473. The summed E-state index contributed by atoms with van der Waals surface area (Å²) in [6.45, 7) is 10.9. The highest BCUT2D eigenvalue weighted by Gasteiger charge is 2.20. The molecule has 0 aliphatic carbocycles. The Hall–Kier alpha value is -0.820. The minimum Gasteiger partial charge on any atom is -0.303 e. The van der Waals surface area contributed by atoms with Crippen LogP contribution in [0, 0.1) is 11.3 Å². The zero-order valence-corrected chi connectivity index (χ0v) is 12.9. The summed E-state index contributed by atoms with van der Waals surface area (Å²) in [4.78, 5) is 2.66. The molecule has 19 heavy (non-hydrogen) atoms. The van der Waals surface area contributed by atoms with Crippen LogP contribution in [0.5, 0.6) is 0 Å². The second kappa shape index (κ2) is 6.56. The Morgan fingerprint density at radius 2 is 1.68 bits per heavy atom. The van der Waals surface area contributed by atoms with Crippen molar-refractivity contribution in [3.8, 4) is 0 Å². The van der Waals surface area contributed by atoms with Gasteiger partial charge in [0.05, 0.1) is 0 Å². The molecule has 1 aliphatic rings. The molecular formula is C18H29N. The van der Waals surface area contributed by atoms with Crippen molar-refractivity contribution in [3.05, 3.63) is 35.9 Å². The van der Waals surface area contributed by atoms with Crippen LogP contribution in [0.15, 0.2) is 30.3 Å². The van der Waals surface area contributed by atoms with Crippen molar-refractivity contribution in [3.63, 3.8) is 0 Å². The lowest BCUT2D eigenvalue weighted by atomic mass is 9.88. The van der Waals surface area contributed by atoms with Crippen molar-refractivity contribution < 1.29 is 0 Å². The third kappa shape index (κ3) is 5.36. The smallest absolute Gasteiger partial charge is 0.00137 e. The predicted molar refractivity (Wildman–Crippen MR) is 83.4 cm³/mol. The molecule has 0 spiro atoms. The summed E-state index contributed by atoms with van der Waals surface area (Å²) in [7, 11) is 0. The van der Waals surface area contributed by atoms with Crippen molar-refractivity contribution in [2.24, 2.45) is 11.3 Å². The molecule has 1 aromatic carbocycles. The molecular weight excluding hydrogens is 230 g/mol. The van der Waals surface area contributed by atoms with Crippen molar-refractivity contribution in [2.75, 3.05) is 19.6 Å². The summed E-state index contributed by atoms with van der Waals surface area (Å²) in [5.74, 6) is 0.897. The zero-order chi connectivity index (χ0) is 13.7. The lowest BCUT2D eigenvalue weighted by Gasteiger charge is -2.33. The zero-order valence-electron chi connectivity index (χ0n) is 12.9. The van der Waals surface area contributed by atoms with Crippen LogP contribution in [0.4, 0.5) is 0 Å². The van der Waals surface area contributed by atoms with E-state index in [2.05, 4.69) is 56.0 Å². The second-order valence-electron chi connectivity index (χ2n) is 7.29. The first-order chi connectivity index (χ1) is 9.03. The molecule has 1 fully saturated rings. The standard InChI is InChI=1S/C18H29N/c1-18(2,3)11-14-19-12-9-17(10-13-19)15-16-7-5-4-6-8-16/h4-8,17H,9-15H2,1-3H3. The fourth-order valence-corrected chi connectivity index (χ4v) is 2.86. The van der Waals surface area contributed by atoms with E-state index in [0.29, 0.717) is 5.41 Å². The lowest BCUT2D eigenvalue weighted by Crippen LogP contribution is -2.36. The third-order valence-corrected chi connectivity index (χ3v) is 4.25. The maximum atomic E-state index is 2.66. The van der Waals surface area contributed by atoms with Gasteiger partial charge in [0.2, 0.25) is 0 Å². The van der Waals surface area contributed by atoms with E-state index in [-0.39, 0.29) is 0 Å². The number of hydrogen-bond donors (Lipinski definition) is 0. The van der Waals surface area contributed by atoms with Crippen molar-refractivity contribution in [1.82, 2.24) is 4.90 Å². The largest absolute Gasteiger partial charge is 0.303 e. The molecule has 0 atom stereocenters. The first-order valence-electron chi connectivity index (χ1n) is 7.79. The summed E-state index contributed by atoms with van der Waals surface area (Å²) in [5, 5.41) is 0. The highest BCUT2D eigenvalue weighted by molar-refractivity contribution is 5.15. The van der Waals surface area contributed by atoms with Crippen LogP contribution >= 0.6 is 0 Å². The Balaban J connectivity index is 1.71. The summed E-state index contributed by atoms with van der Waals surface area (Å²) in [6.07, 6.45) is 5.34. The van der Waals surface area contributed by atoms with E-state index >= 15 is 0 Å². The number of likely N-dealkylation sites (tertiary alicyclic amines) is 1. The van der Waals surface area contributed by atoms with E-state index in [1.165, 1.54) is 50.9 Å². The van der Waals surface area contributed by atoms with Gasteiger partial charge in [-0.15, -0.1) is 0 Å². The molecule has 0 saturated carbocycles. The number of nitrogens with zero attached hydrogens (tertiary/aromatic N) is 1. The highest BCUT2D eigenvalue weighted by atomic mass is 15.1. The van der Waals surface area contributed by atoms with Crippen LogP contribution in [-0.2, 0) is 6.42 Å². The fourth-order valence-electron chi connectivity index (χ4n) is 2.86. The molecule has 0 unspecified atom stereocenters. The monoisotopic (exact) mass is 259 g/mol. The van der Waals surface area contributed by atoms with Gasteiger partial charge in [-0.2, -0.15) is 0 Å². The van der Waals surface area contributed by atoms with E-state index in [4.69, 9.17) is 0 Å². The molecule has 1 aliphatic heterocycles. The Morgan fingerprint density at radius 3 is 2.26 bits per heavy atom.